The minimum atomic E-state index is -1.91. The molecule has 3 N–H and O–H groups in total. The molecule has 1 heterocycles. The molecule has 0 spiro atoms. The van der Waals surface area contributed by atoms with E-state index in [0.717, 1.165) is 89.9 Å². The maximum Gasteiger partial charge on any atom is 0.335 e. The number of carbonyl (C=O) groups is 4. The third-order valence-electron chi connectivity index (χ3n) is 13.9. The molecule has 0 bridgehead atoms. The number of hydrogen-bond acceptors (Lipinski definition) is 11. The Hall–Kier alpha value is -3.32. The standard InChI is InChI=1S/C63H110O12/c1-4-7-10-13-16-19-21-23-25-27-28-30-31-33-35-38-40-43-46-49-55(64)71-52-54(73-56(65)50-47-44-41-37-18-15-12-9-6-3)53-72-63-61(59(68)58(67)60(75-63)62(69)70)74-57(66)51-48-45-42-39-36-34-32-29-26-24-22-20-17-14-11-8-5-2/h8,11,17,20,24,26,32,34,54,58-61,63,67-68H,4-7,9-10,12-16,18-19,21-23,25,27-31,33,35-53H2,1-3H3,(H,69,70)/b11-8-,20-17-,26-24-,34-32-. The smallest absolute Gasteiger partial charge is 0.335 e. The summed E-state index contributed by atoms with van der Waals surface area (Å²) in [6.07, 6.45) is 49.5. The number of carbonyl (C=O) groups excluding carboxylic acids is 3. The molecule has 6 unspecified atom stereocenters. The van der Waals surface area contributed by atoms with Gasteiger partial charge < -0.3 is 39.0 Å². The van der Waals surface area contributed by atoms with Crippen molar-refractivity contribution in [3.05, 3.63) is 48.6 Å². The summed E-state index contributed by atoms with van der Waals surface area (Å²) < 4.78 is 28.4. The lowest BCUT2D eigenvalue weighted by Crippen LogP contribution is -2.61. The molecular weight excluding hydrogens is 949 g/mol. The van der Waals surface area contributed by atoms with E-state index in [9.17, 15) is 34.5 Å². The highest BCUT2D eigenvalue weighted by Gasteiger charge is 2.50. The van der Waals surface area contributed by atoms with Crippen molar-refractivity contribution in [3.63, 3.8) is 0 Å². The second-order valence-corrected chi connectivity index (χ2v) is 21.0. The fraction of sp³-hybridized carbons (Fsp3) is 0.810. The average Bonchev–Trinajstić information content (AvgIpc) is 3.39. The van der Waals surface area contributed by atoms with Gasteiger partial charge in [-0.1, -0.05) is 249 Å². The average molecular weight is 1060 g/mol. The van der Waals surface area contributed by atoms with Gasteiger partial charge in [-0.2, -0.15) is 0 Å². The van der Waals surface area contributed by atoms with Crippen LogP contribution in [0.1, 0.15) is 278 Å². The number of carboxylic acids is 1. The van der Waals surface area contributed by atoms with Gasteiger partial charge in [0.05, 0.1) is 6.61 Å². The van der Waals surface area contributed by atoms with E-state index in [0.29, 0.717) is 19.3 Å². The van der Waals surface area contributed by atoms with E-state index in [-0.39, 0.29) is 25.9 Å². The maximum atomic E-state index is 13.1. The predicted molar refractivity (Wildman–Crippen MR) is 303 cm³/mol. The Bertz CT molecular complexity index is 1490. The number of carboxylic acid groups (broad SMARTS) is 1. The number of aliphatic carboxylic acids is 1. The first-order valence-corrected chi connectivity index (χ1v) is 30.6. The number of allylic oxidation sites excluding steroid dienone is 8. The van der Waals surface area contributed by atoms with E-state index in [4.69, 9.17) is 23.7 Å². The third-order valence-corrected chi connectivity index (χ3v) is 13.9. The largest absolute Gasteiger partial charge is 0.479 e. The van der Waals surface area contributed by atoms with Crippen molar-refractivity contribution in [2.24, 2.45) is 0 Å². The fourth-order valence-corrected chi connectivity index (χ4v) is 9.24. The monoisotopic (exact) mass is 1060 g/mol. The molecule has 434 valence electrons. The lowest BCUT2D eigenvalue weighted by Gasteiger charge is -2.40. The Morgan fingerprint density at radius 3 is 1.28 bits per heavy atom. The van der Waals surface area contributed by atoms with E-state index >= 15 is 0 Å². The zero-order valence-corrected chi connectivity index (χ0v) is 47.8. The van der Waals surface area contributed by atoms with Gasteiger partial charge in [0.15, 0.2) is 24.6 Å². The highest BCUT2D eigenvalue weighted by atomic mass is 16.7. The van der Waals surface area contributed by atoms with Crippen LogP contribution in [0.25, 0.3) is 0 Å². The van der Waals surface area contributed by atoms with Gasteiger partial charge in [-0.15, -0.1) is 0 Å². The number of ether oxygens (including phenoxy) is 5. The van der Waals surface area contributed by atoms with Crippen LogP contribution < -0.4 is 0 Å². The third kappa shape index (κ3) is 41.5. The van der Waals surface area contributed by atoms with Gasteiger partial charge in [-0.05, 0) is 57.8 Å². The Morgan fingerprint density at radius 1 is 0.453 bits per heavy atom. The number of unbranched alkanes of at least 4 members (excludes halogenated alkanes) is 30. The molecule has 6 atom stereocenters. The molecule has 1 rings (SSSR count). The molecule has 1 saturated heterocycles. The molecule has 1 aliphatic rings. The van der Waals surface area contributed by atoms with Crippen LogP contribution in [0.4, 0.5) is 0 Å². The second kappa shape index (κ2) is 51.4. The highest BCUT2D eigenvalue weighted by molar-refractivity contribution is 5.74. The summed E-state index contributed by atoms with van der Waals surface area (Å²) in [6.45, 7) is 5.87. The van der Waals surface area contributed by atoms with Gasteiger partial charge in [0.1, 0.15) is 18.8 Å². The molecular formula is C63H110O12. The molecule has 12 heteroatoms. The Balaban J connectivity index is 2.61. The number of aliphatic hydroxyl groups excluding tert-OH is 2. The zero-order chi connectivity index (χ0) is 54.7. The van der Waals surface area contributed by atoms with Gasteiger partial charge >= 0.3 is 23.9 Å². The van der Waals surface area contributed by atoms with Crippen LogP contribution in [-0.4, -0.2) is 89.2 Å². The minimum Gasteiger partial charge on any atom is -0.479 e. The Labute approximate surface area is 456 Å². The molecule has 0 saturated carbocycles. The van der Waals surface area contributed by atoms with Gasteiger partial charge in [0, 0.05) is 19.3 Å². The first-order valence-electron chi connectivity index (χ1n) is 30.6. The summed E-state index contributed by atoms with van der Waals surface area (Å²) in [6, 6.07) is 0. The van der Waals surface area contributed by atoms with Gasteiger partial charge in [0.25, 0.3) is 0 Å². The molecule has 0 aromatic heterocycles. The predicted octanol–water partition coefficient (Wildman–Crippen LogP) is 15.8. The van der Waals surface area contributed by atoms with Gasteiger partial charge in [0.2, 0.25) is 0 Å². The SMILES string of the molecule is CC/C=C\C/C=C\C/C=C\C/C=C\CCCCCCC(=O)OC1C(OCC(COC(=O)CCCCCCCCCCCCCCCCCCCCC)OC(=O)CCCCCCCCCCC)OC(C(=O)O)C(O)C1O. The van der Waals surface area contributed by atoms with Gasteiger partial charge in [-0.3, -0.25) is 14.4 Å². The Morgan fingerprint density at radius 2 is 0.840 bits per heavy atom. The van der Waals surface area contributed by atoms with Crippen molar-refractivity contribution >= 4 is 23.9 Å². The quantitative estimate of drug-likeness (QED) is 0.0228. The van der Waals surface area contributed by atoms with Crippen LogP contribution >= 0.6 is 0 Å². The van der Waals surface area contributed by atoms with E-state index in [1.165, 1.54) is 128 Å². The maximum absolute atomic E-state index is 13.1. The number of aliphatic hydroxyl groups is 2. The molecule has 0 aromatic carbocycles. The van der Waals surface area contributed by atoms with Crippen molar-refractivity contribution in [1.82, 2.24) is 0 Å². The van der Waals surface area contributed by atoms with Crippen LogP contribution in [-0.2, 0) is 42.9 Å². The minimum absolute atomic E-state index is 0.0346. The molecule has 1 fully saturated rings. The van der Waals surface area contributed by atoms with E-state index in [2.05, 4.69) is 69.4 Å². The fourth-order valence-electron chi connectivity index (χ4n) is 9.24. The van der Waals surface area contributed by atoms with Crippen LogP contribution in [0.15, 0.2) is 48.6 Å². The van der Waals surface area contributed by atoms with E-state index < -0.39 is 67.3 Å². The lowest BCUT2D eigenvalue weighted by atomic mass is 9.98. The zero-order valence-electron chi connectivity index (χ0n) is 47.8. The molecule has 0 radical (unpaired) electrons. The van der Waals surface area contributed by atoms with Crippen molar-refractivity contribution in [2.45, 2.75) is 314 Å². The van der Waals surface area contributed by atoms with Crippen molar-refractivity contribution < 1.29 is 58.2 Å². The number of esters is 3. The topological polar surface area (TPSA) is 175 Å². The summed E-state index contributed by atoms with van der Waals surface area (Å²) >= 11 is 0. The summed E-state index contributed by atoms with van der Waals surface area (Å²) in [7, 11) is 0. The summed E-state index contributed by atoms with van der Waals surface area (Å²) in [5, 5.41) is 31.5. The number of rotatable bonds is 52. The molecule has 12 nitrogen and oxygen atoms in total. The first kappa shape index (κ1) is 69.7. The van der Waals surface area contributed by atoms with Crippen LogP contribution in [0.5, 0.6) is 0 Å². The molecule has 0 amide bonds. The summed E-state index contributed by atoms with van der Waals surface area (Å²) in [5.41, 5.74) is 0. The van der Waals surface area contributed by atoms with E-state index in [1.54, 1.807) is 0 Å². The van der Waals surface area contributed by atoms with Crippen molar-refractivity contribution in [2.75, 3.05) is 13.2 Å². The summed E-state index contributed by atoms with van der Waals surface area (Å²) in [4.78, 5) is 51.1. The van der Waals surface area contributed by atoms with Crippen LogP contribution in [0, 0.1) is 0 Å². The molecule has 75 heavy (non-hydrogen) atoms. The Kier molecular flexibility index (Phi) is 47.8. The van der Waals surface area contributed by atoms with Crippen molar-refractivity contribution in [1.29, 1.82) is 0 Å². The first-order chi connectivity index (χ1) is 36.6. The van der Waals surface area contributed by atoms with Crippen LogP contribution in [0.2, 0.25) is 0 Å². The highest BCUT2D eigenvalue weighted by Crippen LogP contribution is 2.26. The normalized spacial score (nSPS) is 18.4. The molecule has 1 aliphatic heterocycles. The second-order valence-electron chi connectivity index (χ2n) is 21.0. The molecule has 0 aromatic rings. The van der Waals surface area contributed by atoms with Crippen molar-refractivity contribution in [3.8, 4) is 0 Å². The number of hydrogen-bond donors (Lipinski definition) is 3. The summed E-state index contributed by atoms with van der Waals surface area (Å²) in [5.74, 6) is -3.13. The van der Waals surface area contributed by atoms with Crippen LogP contribution in [0.3, 0.4) is 0 Å². The molecule has 0 aliphatic carbocycles. The lowest BCUT2D eigenvalue weighted by molar-refractivity contribution is -0.301. The van der Waals surface area contributed by atoms with Gasteiger partial charge in [-0.25, -0.2) is 4.79 Å². The van der Waals surface area contributed by atoms with E-state index in [1.807, 2.05) is 0 Å².